The molecule has 0 atom stereocenters. The molecule has 5 nitrogen and oxygen atoms in total. The minimum Gasteiger partial charge on any atom is -0.467 e. The van der Waals surface area contributed by atoms with Crippen LogP contribution < -0.4 is 15.4 Å². The van der Waals surface area contributed by atoms with Gasteiger partial charge in [-0.25, -0.2) is 4.39 Å². The Kier molecular flexibility index (Phi) is 10.0. The minimum atomic E-state index is -0.259. The van der Waals surface area contributed by atoms with E-state index in [2.05, 4.69) is 35.7 Å². The molecule has 1 heterocycles. The Morgan fingerprint density at radius 3 is 2.81 bits per heavy atom. The first-order valence-corrected chi connectivity index (χ1v) is 9.77. The molecule has 148 valence electrons. The molecule has 2 rings (SSSR count). The Labute approximate surface area is 176 Å². The first-order valence-electron chi connectivity index (χ1n) is 8.54. The molecule has 0 aromatic heterocycles. The van der Waals surface area contributed by atoms with Crippen molar-refractivity contribution in [2.24, 2.45) is 4.99 Å². The highest BCUT2D eigenvalue weighted by atomic mass is 127. The molecule has 26 heavy (non-hydrogen) atoms. The molecule has 1 aromatic carbocycles. The molecule has 1 aliphatic rings. The highest BCUT2D eigenvalue weighted by Gasteiger charge is 2.17. The molecule has 1 aliphatic heterocycles. The summed E-state index contributed by atoms with van der Waals surface area (Å²) >= 11 is 1.79. The number of fused-ring (bicyclic) bond motifs is 1. The van der Waals surface area contributed by atoms with Gasteiger partial charge in [-0.05, 0) is 51.1 Å². The van der Waals surface area contributed by atoms with Crippen molar-refractivity contribution in [3.8, 4) is 5.75 Å². The molecule has 2 N–H and O–H groups in total. The number of nitrogens with one attached hydrogen (secondary N) is 2. The maximum atomic E-state index is 13.8. The second-order valence-corrected chi connectivity index (χ2v) is 8.01. The van der Waals surface area contributed by atoms with Crippen LogP contribution in [0, 0.1) is 5.82 Å². The van der Waals surface area contributed by atoms with Gasteiger partial charge in [0.25, 0.3) is 0 Å². The van der Waals surface area contributed by atoms with Crippen molar-refractivity contribution in [1.29, 1.82) is 0 Å². The number of rotatable bonds is 7. The van der Waals surface area contributed by atoms with E-state index in [4.69, 9.17) is 9.47 Å². The number of nitrogens with zero attached hydrogens (tertiary/aromatic N) is 1. The van der Waals surface area contributed by atoms with Crippen LogP contribution in [0.5, 0.6) is 5.75 Å². The third-order valence-electron chi connectivity index (χ3n) is 3.95. The van der Waals surface area contributed by atoms with Gasteiger partial charge in [-0.2, -0.15) is 11.8 Å². The van der Waals surface area contributed by atoms with Crippen LogP contribution in [0.25, 0.3) is 0 Å². The third-order valence-corrected chi connectivity index (χ3v) is 5.19. The van der Waals surface area contributed by atoms with E-state index in [1.807, 2.05) is 6.92 Å². The fraction of sp³-hybridized carbons (Fsp3) is 0.611. The number of halogens is 2. The molecule has 0 saturated heterocycles. The van der Waals surface area contributed by atoms with Crippen LogP contribution in [0.4, 0.5) is 4.39 Å². The molecule has 1 aromatic rings. The summed E-state index contributed by atoms with van der Waals surface area (Å²) in [6.45, 7) is 9.14. The second-order valence-electron chi connectivity index (χ2n) is 6.50. The summed E-state index contributed by atoms with van der Waals surface area (Å²) in [5, 5.41) is 6.56. The first kappa shape index (κ1) is 23.3. The lowest BCUT2D eigenvalue weighted by Gasteiger charge is -2.22. The summed E-state index contributed by atoms with van der Waals surface area (Å²) in [5.41, 5.74) is 1.62. The first-order chi connectivity index (χ1) is 11.9. The van der Waals surface area contributed by atoms with E-state index < -0.39 is 0 Å². The van der Waals surface area contributed by atoms with E-state index in [1.165, 1.54) is 12.1 Å². The van der Waals surface area contributed by atoms with Gasteiger partial charge in [-0.15, -0.1) is 24.0 Å². The van der Waals surface area contributed by atoms with Gasteiger partial charge in [-0.1, -0.05) is 0 Å². The van der Waals surface area contributed by atoms with E-state index in [0.29, 0.717) is 19.6 Å². The smallest absolute Gasteiger partial charge is 0.191 e. The van der Waals surface area contributed by atoms with E-state index in [0.717, 1.165) is 35.9 Å². The Morgan fingerprint density at radius 1 is 1.35 bits per heavy atom. The molecule has 8 heteroatoms. The number of hydrogen-bond donors (Lipinski definition) is 2. The van der Waals surface area contributed by atoms with Gasteiger partial charge in [0.1, 0.15) is 11.6 Å². The maximum Gasteiger partial charge on any atom is 0.191 e. The van der Waals surface area contributed by atoms with Crippen molar-refractivity contribution in [3.05, 3.63) is 29.1 Å². The fourth-order valence-electron chi connectivity index (χ4n) is 2.43. The van der Waals surface area contributed by atoms with Crippen LogP contribution in [-0.2, 0) is 17.8 Å². The van der Waals surface area contributed by atoms with Crippen LogP contribution in [0.2, 0.25) is 0 Å². The predicted octanol–water partition coefficient (Wildman–Crippen LogP) is 3.55. The fourth-order valence-corrected chi connectivity index (χ4v) is 2.63. The molecular formula is C18H29FIN3O2S. The molecule has 0 amide bonds. The van der Waals surface area contributed by atoms with Crippen molar-refractivity contribution >= 4 is 41.7 Å². The van der Waals surface area contributed by atoms with Gasteiger partial charge in [0.15, 0.2) is 12.8 Å². The quantitative estimate of drug-likeness (QED) is 0.343. The largest absolute Gasteiger partial charge is 0.467 e. The van der Waals surface area contributed by atoms with Gasteiger partial charge >= 0.3 is 0 Å². The predicted molar refractivity (Wildman–Crippen MR) is 117 cm³/mol. The Morgan fingerprint density at radius 2 is 2.12 bits per heavy atom. The number of benzene rings is 1. The summed E-state index contributed by atoms with van der Waals surface area (Å²) in [6.07, 6.45) is 2.74. The monoisotopic (exact) mass is 497 g/mol. The molecule has 0 spiro atoms. The highest BCUT2D eigenvalue weighted by molar-refractivity contribution is 14.0. The third kappa shape index (κ3) is 7.11. The normalized spacial score (nSPS) is 14.1. The molecule has 0 radical (unpaired) electrons. The number of ether oxygens (including phenoxy) is 2. The summed E-state index contributed by atoms with van der Waals surface area (Å²) < 4.78 is 24.7. The van der Waals surface area contributed by atoms with Crippen LogP contribution in [0.3, 0.4) is 0 Å². The lowest BCUT2D eigenvalue weighted by molar-refractivity contribution is -0.0172. The van der Waals surface area contributed by atoms with Crippen molar-refractivity contribution in [2.75, 3.05) is 32.7 Å². The Bertz CT molecular complexity index is 614. The summed E-state index contributed by atoms with van der Waals surface area (Å²) in [4.78, 5) is 4.64. The van der Waals surface area contributed by atoms with Crippen LogP contribution in [0.15, 0.2) is 17.1 Å². The van der Waals surface area contributed by atoms with Gasteiger partial charge in [0, 0.05) is 23.4 Å². The average Bonchev–Trinajstić information content (AvgIpc) is 2.59. The number of hydrogen-bond acceptors (Lipinski definition) is 4. The Balaban J connectivity index is 0.00000338. The van der Waals surface area contributed by atoms with Gasteiger partial charge in [0.05, 0.1) is 13.2 Å². The van der Waals surface area contributed by atoms with Crippen LogP contribution in [-0.4, -0.2) is 43.4 Å². The van der Waals surface area contributed by atoms with E-state index >= 15 is 0 Å². The van der Waals surface area contributed by atoms with Gasteiger partial charge in [-0.3, -0.25) is 4.99 Å². The number of aliphatic imine (C=N–C) groups is 1. The van der Waals surface area contributed by atoms with Crippen LogP contribution >= 0.6 is 35.7 Å². The lowest BCUT2D eigenvalue weighted by Crippen LogP contribution is -2.39. The van der Waals surface area contributed by atoms with E-state index in [1.54, 1.807) is 11.8 Å². The van der Waals surface area contributed by atoms with Crippen molar-refractivity contribution in [1.82, 2.24) is 10.6 Å². The summed E-state index contributed by atoms with van der Waals surface area (Å²) in [7, 11) is 0. The summed E-state index contributed by atoms with van der Waals surface area (Å²) in [5.74, 6) is 1.27. The second kappa shape index (κ2) is 11.2. The zero-order chi connectivity index (χ0) is 18.3. The van der Waals surface area contributed by atoms with Gasteiger partial charge < -0.3 is 20.1 Å². The van der Waals surface area contributed by atoms with E-state index in [-0.39, 0.29) is 41.3 Å². The zero-order valence-corrected chi connectivity index (χ0v) is 19.0. The maximum absolute atomic E-state index is 13.8. The number of guanidine groups is 1. The Hall–Kier alpha value is -0.740. The highest BCUT2D eigenvalue weighted by Crippen LogP contribution is 2.29. The lowest BCUT2D eigenvalue weighted by atomic mass is 10.1. The van der Waals surface area contributed by atoms with Crippen LogP contribution in [0.1, 0.15) is 31.9 Å². The average molecular weight is 497 g/mol. The van der Waals surface area contributed by atoms with Crippen molar-refractivity contribution < 1.29 is 13.9 Å². The molecule has 0 bridgehead atoms. The summed E-state index contributed by atoms with van der Waals surface area (Å²) in [6, 6.07) is 3.01. The standard InChI is InChI=1S/C18H28FN3O2S.HI/c1-5-20-17(22-11-18(2,3)25-4)21-7-6-13-8-15(19)9-14-10-23-12-24-16(13)14;/h8-9H,5-7,10-12H2,1-4H3,(H2,20,21,22);1H. The molecule has 0 aliphatic carbocycles. The number of thioether (sulfide) groups is 1. The van der Waals surface area contributed by atoms with Crippen molar-refractivity contribution in [2.45, 2.75) is 38.5 Å². The molecular weight excluding hydrogens is 468 g/mol. The zero-order valence-electron chi connectivity index (χ0n) is 15.9. The minimum absolute atomic E-state index is 0. The van der Waals surface area contributed by atoms with Crippen molar-refractivity contribution in [3.63, 3.8) is 0 Å². The molecule has 0 unspecified atom stereocenters. The molecule has 0 fully saturated rings. The SMILES string of the molecule is CCNC(=NCC(C)(C)SC)NCCc1cc(F)cc2c1OCOC2.I. The topological polar surface area (TPSA) is 54.9 Å². The molecule has 0 saturated carbocycles. The van der Waals surface area contributed by atoms with E-state index in [9.17, 15) is 4.39 Å². The van der Waals surface area contributed by atoms with Gasteiger partial charge in [0.2, 0.25) is 0 Å².